The molecule has 1 aliphatic heterocycles. The van der Waals surface area contributed by atoms with E-state index >= 15 is 0 Å². The molecule has 0 aliphatic carbocycles. The number of carbonyl (C=O) groups is 1. The number of rotatable bonds is 3. The molecule has 1 aromatic carbocycles. The van der Waals surface area contributed by atoms with Crippen molar-refractivity contribution in [2.75, 3.05) is 26.8 Å². The summed E-state index contributed by atoms with van der Waals surface area (Å²) in [4.78, 5) is 13.7. The Morgan fingerprint density at radius 3 is 2.89 bits per heavy atom. The first-order valence-corrected chi connectivity index (χ1v) is 6.93. The van der Waals surface area contributed by atoms with Gasteiger partial charge in [-0.25, -0.2) is 4.79 Å². The van der Waals surface area contributed by atoms with Gasteiger partial charge in [-0.3, -0.25) is 4.90 Å². The highest BCUT2D eigenvalue weighted by atomic mass is 127. The number of methoxy groups -OCH3 is 1. The van der Waals surface area contributed by atoms with Gasteiger partial charge >= 0.3 is 5.97 Å². The van der Waals surface area contributed by atoms with Gasteiger partial charge in [0, 0.05) is 23.2 Å². The Hall–Kier alpha value is -0.660. The summed E-state index contributed by atoms with van der Waals surface area (Å²) in [6, 6.07) is 8.41. The van der Waals surface area contributed by atoms with Crippen LogP contribution >= 0.6 is 22.6 Å². The monoisotopic (exact) mass is 361 g/mol. The lowest BCUT2D eigenvalue weighted by molar-refractivity contribution is -0.160. The van der Waals surface area contributed by atoms with Gasteiger partial charge in [0.25, 0.3) is 0 Å². The van der Waals surface area contributed by atoms with Crippen molar-refractivity contribution >= 4 is 28.6 Å². The average Bonchev–Trinajstić information content (AvgIpc) is 2.41. The molecule has 98 valence electrons. The summed E-state index contributed by atoms with van der Waals surface area (Å²) >= 11 is 2.29. The van der Waals surface area contributed by atoms with Crippen molar-refractivity contribution in [3.05, 3.63) is 33.4 Å². The van der Waals surface area contributed by atoms with Crippen molar-refractivity contribution in [3.63, 3.8) is 0 Å². The van der Waals surface area contributed by atoms with Gasteiger partial charge in [-0.1, -0.05) is 12.1 Å². The topological polar surface area (TPSA) is 38.8 Å². The highest BCUT2D eigenvalue weighted by molar-refractivity contribution is 14.1. The summed E-state index contributed by atoms with van der Waals surface area (Å²) in [7, 11) is 1.39. The maximum absolute atomic E-state index is 11.4. The Labute approximate surface area is 120 Å². The van der Waals surface area contributed by atoms with E-state index in [1.54, 1.807) is 0 Å². The Kier molecular flexibility index (Phi) is 4.96. The smallest absolute Gasteiger partial charge is 0.336 e. The fourth-order valence-electron chi connectivity index (χ4n) is 1.97. The molecule has 18 heavy (non-hydrogen) atoms. The lowest BCUT2D eigenvalue weighted by Crippen LogP contribution is -2.46. The summed E-state index contributed by atoms with van der Waals surface area (Å²) in [5.41, 5.74) is 1.25. The zero-order valence-electron chi connectivity index (χ0n) is 10.3. The van der Waals surface area contributed by atoms with Gasteiger partial charge in [-0.15, -0.1) is 0 Å². The van der Waals surface area contributed by atoms with Gasteiger partial charge in [-0.05, 0) is 40.3 Å². The van der Waals surface area contributed by atoms with Gasteiger partial charge in [0.1, 0.15) is 0 Å². The number of morpholine rings is 1. The van der Waals surface area contributed by atoms with Crippen LogP contribution in [0.4, 0.5) is 0 Å². The molecule has 2 rings (SSSR count). The largest absolute Gasteiger partial charge is 0.467 e. The van der Waals surface area contributed by atoms with Crippen molar-refractivity contribution in [1.29, 1.82) is 0 Å². The first-order chi connectivity index (χ1) is 8.69. The highest BCUT2D eigenvalue weighted by Gasteiger charge is 2.27. The molecule has 1 saturated heterocycles. The Morgan fingerprint density at radius 1 is 1.50 bits per heavy atom. The van der Waals surface area contributed by atoms with E-state index in [1.165, 1.54) is 16.2 Å². The van der Waals surface area contributed by atoms with E-state index in [9.17, 15) is 4.79 Å². The summed E-state index contributed by atoms with van der Waals surface area (Å²) in [6.45, 7) is 2.86. The normalized spacial score (nSPS) is 20.7. The molecule has 1 aliphatic rings. The van der Waals surface area contributed by atoms with Crippen LogP contribution in [0.25, 0.3) is 0 Å². The molecule has 0 aromatic heterocycles. The van der Waals surface area contributed by atoms with E-state index in [1.807, 2.05) is 0 Å². The highest BCUT2D eigenvalue weighted by Crippen LogP contribution is 2.13. The van der Waals surface area contributed by atoms with Crippen LogP contribution in [0.3, 0.4) is 0 Å². The van der Waals surface area contributed by atoms with Gasteiger partial charge in [0.05, 0.1) is 13.7 Å². The zero-order valence-corrected chi connectivity index (χ0v) is 12.4. The Morgan fingerprint density at radius 2 is 2.22 bits per heavy atom. The van der Waals surface area contributed by atoms with Crippen LogP contribution < -0.4 is 0 Å². The Bertz CT molecular complexity index is 407. The molecule has 1 fully saturated rings. The molecule has 0 bridgehead atoms. The summed E-state index contributed by atoms with van der Waals surface area (Å²) in [5.74, 6) is -0.290. The standard InChI is InChI=1S/C13H16INO3/c1-17-13(16)12-9-15(6-7-18-12)8-10-2-4-11(14)5-3-10/h2-5,12H,6-9H2,1H3. The number of hydrogen-bond donors (Lipinski definition) is 0. The van der Waals surface area contributed by atoms with Crippen molar-refractivity contribution in [1.82, 2.24) is 4.90 Å². The van der Waals surface area contributed by atoms with E-state index < -0.39 is 6.10 Å². The second-order valence-electron chi connectivity index (χ2n) is 4.24. The van der Waals surface area contributed by atoms with E-state index in [0.717, 1.165) is 13.1 Å². The molecular weight excluding hydrogens is 345 g/mol. The number of hydrogen-bond acceptors (Lipinski definition) is 4. The van der Waals surface area contributed by atoms with Crippen LogP contribution in [0.5, 0.6) is 0 Å². The fraction of sp³-hybridized carbons (Fsp3) is 0.462. The van der Waals surface area contributed by atoms with Gasteiger partial charge in [0.2, 0.25) is 0 Å². The van der Waals surface area contributed by atoms with Crippen LogP contribution in [0.1, 0.15) is 5.56 Å². The third kappa shape index (κ3) is 3.66. The van der Waals surface area contributed by atoms with Crippen LogP contribution in [0.2, 0.25) is 0 Å². The van der Waals surface area contributed by atoms with Crippen molar-refractivity contribution in [3.8, 4) is 0 Å². The minimum Gasteiger partial charge on any atom is -0.467 e. The van der Waals surface area contributed by atoms with Crippen molar-refractivity contribution < 1.29 is 14.3 Å². The first kappa shape index (κ1) is 13.8. The molecule has 1 unspecified atom stereocenters. The molecule has 0 spiro atoms. The molecule has 0 saturated carbocycles. The zero-order chi connectivity index (χ0) is 13.0. The number of ether oxygens (including phenoxy) is 2. The number of carbonyl (C=O) groups excluding carboxylic acids is 1. The fourth-order valence-corrected chi connectivity index (χ4v) is 2.33. The van der Waals surface area contributed by atoms with Crippen molar-refractivity contribution in [2.45, 2.75) is 12.6 Å². The number of esters is 1. The second-order valence-corrected chi connectivity index (χ2v) is 5.49. The number of nitrogens with zero attached hydrogens (tertiary/aromatic N) is 1. The molecule has 1 aromatic rings. The minimum absolute atomic E-state index is 0.290. The van der Waals surface area contributed by atoms with Gasteiger partial charge in [0.15, 0.2) is 6.10 Å². The second kappa shape index (κ2) is 6.49. The van der Waals surface area contributed by atoms with Crippen LogP contribution in [0, 0.1) is 3.57 Å². The minimum atomic E-state index is -0.451. The van der Waals surface area contributed by atoms with E-state index in [4.69, 9.17) is 9.47 Å². The molecule has 1 atom stereocenters. The molecule has 0 amide bonds. The third-order valence-corrected chi connectivity index (χ3v) is 3.65. The maximum Gasteiger partial charge on any atom is 0.336 e. The number of halogens is 1. The molecular formula is C13H16INO3. The summed E-state index contributed by atoms with van der Waals surface area (Å²) < 4.78 is 11.3. The average molecular weight is 361 g/mol. The predicted molar refractivity (Wildman–Crippen MR) is 76.2 cm³/mol. The number of benzene rings is 1. The lowest BCUT2D eigenvalue weighted by atomic mass is 10.2. The van der Waals surface area contributed by atoms with Crippen LogP contribution in [-0.2, 0) is 20.8 Å². The predicted octanol–water partition coefficient (Wildman–Crippen LogP) is 1.66. The first-order valence-electron chi connectivity index (χ1n) is 5.85. The quantitative estimate of drug-likeness (QED) is 0.607. The van der Waals surface area contributed by atoms with E-state index in [0.29, 0.717) is 13.2 Å². The Balaban J connectivity index is 1.93. The van der Waals surface area contributed by atoms with E-state index in [2.05, 4.69) is 51.8 Å². The van der Waals surface area contributed by atoms with Gasteiger partial charge < -0.3 is 9.47 Å². The molecule has 1 heterocycles. The third-order valence-electron chi connectivity index (χ3n) is 2.93. The van der Waals surface area contributed by atoms with Gasteiger partial charge in [-0.2, -0.15) is 0 Å². The summed E-state index contributed by atoms with van der Waals surface area (Å²) in [6.07, 6.45) is -0.451. The summed E-state index contributed by atoms with van der Waals surface area (Å²) in [5, 5.41) is 0. The molecule has 0 N–H and O–H groups in total. The molecule has 4 nitrogen and oxygen atoms in total. The maximum atomic E-state index is 11.4. The van der Waals surface area contributed by atoms with Crippen LogP contribution in [0.15, 0.2) is 24.3 Å². The van der Waals surface area contributed by atoms with Crippen molar-refractivity contribution in [2.24, 2.45) is 0 Å². The molecule has 0 radical (unpaired) electrons. The lowest BCUT2D eigenvalue weighted by Gasteiger charge is -2.31. The molecule has 5 heteroatoms. The van der Waals surface area contributed by atoms with E-state index in [-0.39, 0.29) is 5.97 Å². The SMILES string of the molecule is COC(=O)C1CN(Cc2ccc(I)cc2)CCO1. The van der Waals surface area contributed by atoms with Crippen LogP contribution in [-0.4, -0.2) is 43.8 Å².